The zero-order valence-corrected chi connectivity index (χ0v) is 22.9. The molecule has 0 saturated carbocycles. The number of amides is 1. The van der Waals surface area contributed by atoms with Crippen molar-refractivity contribution in [2.24, 2.45) is 0 Å². The molecule has 42 heavy (non-hydrogen) atoms. The molecule has 1 aliphatic heterocycles. The molecule has 2 aromatic carbocycles. The standard InChI is InChI=1S/C29H30F3N9O/c1-19-5-6-20(28(42)39-22-4-2-3-21(14-22)29(30,31)32)13-24(19)40-27-23(16-34-17-38-27)25-15-26(37-18-36-25)35-9-12-41-10-7-33-8-11-41/h2-6,13-18,33H,7-12H2,1H3,(H,39,42)(H,34,38,40)(H,35,36,37). The van der Waals surface area contributed by atoms with E-state index in [9.17, 15) is 18.0 Å². The first kappa shape index (κ1) is 28.9. The van der Waals surface area contributed by atoms with E-state index >= 15 is 0 Å². The molecule has 0 radical (unpaired) electrons. The van der Waals surface area contributed by atoms with E-state index < -0.39 is 17.6 Å². The Morgan fingerprint density at radius 2 is 1.86 bits per heavy atom. The van der Waals surface area contributed by atoms with E-state index in [1.165, 1.54) is 24.8 Å². The van der Waals surface area contributed by atoms with Gasteiger partial charge in [-0.25, -0.2) is 19.9 Å². The van der Waals surface area contributed by atoms with Gasteiger partial charge in [-0.3, -0.25) is 9.69 Å². The van der Waals surface area contributed by atoms with Gasteiger partial charge in [0.1, 0.15) is 24.3 Å². The van der Waals surface area contributed by atoms with Crippen LogP contribution < -0.4 is 21.3 Å². The first-order valence-electron chi connectivity index (χ1n) is 13.4. The second-order valence-corrected chi connectivity index (χ2v) is 9.78. The van der Waals surface area contributed by atoms with Gasteiger partial charge in [-0.2, -0.15) is 13.2 Å². The second-order valence-electron chi connectivity index (χ2n) is 9.78. The van der Waals surface area contributed by atoms with Gasteiger partial charge in [0, 0.05) is 68.5 Å². The first-order chi connectivity index (χ1) is 20.3. The molecule has 1 amide bonds. The van der Waals surface area contributed by atoms with Crippen molar-refractivity contribution in [3.63, 3.8) is 0 Å². The molecule has 218 valence electrons. The van der Waals surface area contributed by atoms with Crippen molar-refractivity contribution in [1.82, 2.24) is 30.2 Å². The number of anilines is 4. The number of alkyl halides is 3. The molecule has 0 bridgehead atoms. The maximum absolute atomic E-state index is 13.1. The molecule has 2 aromatic heterocycles. The number of nitrogens with zero attached hydrogens (tertiary/aromatic N) is 5. The number of aromatic nitrogens is 4. The Hall–Kier alpha value is -4.62. The van der Waals surface area contributed by atoms with Crippen molar-refractivity contribution in [2.45, 2.75) is 13.1 Å². The predicted octanol–water partition coefficient (Wildman–Crippen LogP) is 4.57. The SMILES string of the molecule is Cc1ccc(C(=O)Nc2cccc(C(F)(F)F)c2)cc1Nc1ncncc1-c1cc(NCCN2CCNCC2)ncn1. The van der Waals surface area contributed by atoms with Crippen molar-refractivity contribution in [1.29, 1.82) is 0 Å². The van der Waals surface area contributed by atoms with Crippen molar-refractivity contribution in [2.75, 3.05) is 55.2 Å². The van der Waals surface area contributed by atoms with E-state index in [0.29, 0.717) is 28.6 Å². The lowest BCUT2D eigenvalue weighted by Crippen LogP contribution is -2.45. The van der Waals surface area contributed by atoms with Gasteiger partial charge in [0.05, 0.1) is 16.8 Å². The molecule has 1 saturated heterocycles. The van der Waals surface area contributed by atoms with Crippen molar-refractivity contribution >= 4 is 28.9 Å². The Morgan fingerprint density at radius 1 is 1.02 bits per heavy atom. The lowest BCUT2D eigenvalue weighted by Gasteiger charge is -2.27. The lowest BCUT2D eigenvalue weighted by atomic mass is 10.1. The van der Waals surface area contributed by atoms with Crippen molar-refractivity contribution in [3.8, 4) is 11.3 Å². The molecule has 10 nitrogen and oxygen atoms in total. The van der Waals surface area contributed by atoms with Gasteiger partial charge in [-0.05, 0) is 42.8 Å². The molecule has 13 heteroatoms. The number of benzene rings is 2. The average Bonchev–Trinajstić information content (AvgIpc) is 2.99. The fourth-order valence-electron chi connectivity index (χ4n) is 4.50. The van der Waals surface area contributed by atoms with Crippen LogP contribution in [0.2, 0.25) is 0 Å². The summed E-state index contributed by atoms with van der Waals surface area (Å²) in [5.41, 5.74) is 2.11. The highest BCUT2D eigenvalue weighted by molar-refractivity contribution is 6.05. The largest absolute Gasteiger partial charge is 0.416 e. The second kappa shape index (κ2) is 12.9. The summed E-state index contributed by atoms with van der Waals surface area (Å²) in [5, 5.41) is 12.5. The number of halogens is 3. The van der Waals surface area contributed by atoms with Crippen molar-refractivity contribution < 1.29 is 18.0 Å². The van der Waals surface area contributed by atoms with Gasteiger partial charge < -0.3 is 21.3 Å². The Bertz CT molecular complexity index is 1540. The topological polar surface area (TPSA) is 120 Å². The summed E-state index contributed by atoms with van der Waals surface area (Å²) >= 11 is 0. The van der Waals surface area contributed by atoms with Gasteiger partial charge in [0.15, 0.2) is 0 Å². The summed E-state index contributed by atoms with van der Waals surface area (Å²) in [6, 6.07) is 11.3. The Kier molecular flexibility index (Phi) is 8.88. The van der Waals surface area contributed by atoms with Crippen LogP contribution in [-0.2, 0) is 6.18 Å². The van der Waals surface area contributed by atoms with Crippen LogP contribution in [0.25, 0.3) is 11.3 Å². The minimum absolute atomic E-state index is 0.0455. The molecule has 3 heterocycles. The van der Waals surface area contributed by atoms with Crippen LogP contribution in [-0.4, -0.2) is 70.0 Å². The minimum Gasteiger partial charge on any atom is -0.369 e. The summed E-state index contributed by atoms with van der Waals surface area (Å²) in [7, 11) is 0. The van der Waals surface area contributed by atoms with Gasteiger partial charge in [-0.15, -0.1) is 0 Å². The summed E-state index contributed by atoms with van der Waals surface area (Å²) in [5.74, 6) is 0.594. The number of piperazine rings is 1. The van der Waals surface area contributed by atoms with Crippen LogP contribution in [0.15, 0.2) is 67.4 Å². The van der Waals surface area contributed by atoms with Crippen LogP contribution >= 0.6 is 0 Å². The molecule has 1 aliphatic rings. The molecule has 4 aromatic rings. The maximum atomic E-state index is 13.1. The molecule has 0 atom stereocenters. The number of nitrogens with one attached hydrogen (secondary N) is 4. The molecular formula is C29H30F3N9O. The number of aryl methyl sites for hydroxylation is 1. The molecule has 0 spiro atoms. The van der Waals surface area contributed by atoms with E-state index in [4.69, 9.17) is 0 Å². The third-order valence-electron chi connectivity index (χ3n) is 6.80. The quantitative estimate of drug-likeness (QED) is 0.227. The van der Waals surface area contributed by atoms with E-state index in [2.05, 4.69) is 46.1 Å². The van der Waals surface area contributed by atoms with Crippen LogP contribution in [0.1, 0.15) is 21.5 Å². The Balaban J connectivity index is 1.30. The number of rotatable bonds is 9. The summed E-state index contributed by atoms with van der Waals surface area (Å²) < 4.78 is 39.3. The lowest BCUT2D eigenvalue weighted by molar-refractivity contribution is -0.137. The highest BCUT2D eigenvalue weighted by Gasteiger charge is 2.30. The van der Waals surface area contributed by atoms with E-state index in [-0.39, 0.29) is 11.3 Å². The minimum atomic E-state index is -4.51. The summed E-state index contributed by atoms with van der Waals surface area (Å²) in [6.07, 6.45) is 0.00653. The molecule has 1 fully saturated rings. The predicted molar refractivity (Wildman–Crippen MR) is 155 cm³/mol. The van der Waals surface area contributed by atoms with Crippen LogP contribution in [0.3, 0.4) is 0 Å². The zero-order chi connectivity index (χ0) is 29.5. The van der Waals surface area contributed by atoms with Crippen molar-refractivity contribution in [3.05, 3.63) is 84.1 Å². The maximum Gasteiger partial charge on any atom is 0.416 e. The smallest absolute Gasteiger partial charge is 0.369 e. The highest BCUT2D eigenvalue weighted by Crippen LogP contribution is 2.31. The number of hydrogen-bond acceptors (Lipinski definition) is 9. The number of carbonyl (C=O) groups is 1. The van der Waals surface area contributed by atoms with E-state index in [0.717, 1.165) is 57.0 Å². The van der Waals surface area contributed by atoms with Gasteiger partial charge in [0.25, 0.3) is 5.91 Å². The van der Waals surface area contributed by atoms with Crippen LogP contribution in [0.5, 0.6) is 0 Å². The van der Waals surface area contributed by atoms with E-state index in [1.54, 1.807) is 24.4 Å². The van der Waals surface area contributed by atoms with E-state index in [1.807, 2.05) is 13.0 Å². The van der Waals surface area contributed by atoms with Gasteiger partial charge in [0.2, 0.25) is 0 Å². The monoisotopic (exact) mass is 577 g/mol. The highest BCUT2D eigenvalue weighted by atomic mass is 19.4. The molecular weight excluding hydrogens is 547 g/mol. The first-order valence-corrected chi connectivity index (χ1v) is 13.4. The fraction of sp³-hybridized carbons (Fsp3) is 0.276. The summed E-state index contributed by atoms with van der Waals surface area (Å²) in [6.45, 7) is 7.51. The normalized spacial score (nSPS) is 13.9. The fourth-order valence-corrected chi connectivity index (χ4v) is 4.50. The molecule has 0 aliphatic carbocycles. The molecule has 4 N–H and O–H groups in total. The van der Waals surface area contributed by atoms with Crippen LogP contribution in [0, 0.1) is 6.92 Å². The number of hydrogen-bond donors (Lipinski definition) is 4. The van der Waals surface area contributed by atoms with Gasteiger partial charge in [-0.1, -0.05) is 12.1 Å². The Labute approximate surface area is 240 Å². The Morgan fingerprint density at radius 3 is 2.67 bits per heavy atom. The zero-order valence-electron chi connectivity index (χ0n) is 22.9. The van der Waals surface area contributed by atoms with Gasteiger partial charge >= 0.3 is 6.18 Å². The average molecular weight is 578 g/mol. The third-order valence-corrected chi connectivity index (χ3v) is 6.80. The molecule has 5 rings (SSSR count). The molecule has 0 unspecified atom stereocenters. The van der Waals surface area contributed by atoms with Crippen LogP contribution in [0.4, 0.5) is 36.2 Å². The number of carbonyl (C=O) groups excluding carboxylic acids is 1. The summed E-state index contributed by atoms with van der Waals surface area (Å²) in [4.78, 5) is 32.6. The third kappa shape index (κ3) is 7.36.